The highest BCUT2D eigenvalue weighted by molar-refractivity contribution is 14.1. The Morgan fingerprint density at radius 3 is 2.74 bits per heavy atom. The predicted octanol–water partition coefficient (Wildman–Crippen LogP) is 4.55. The zero-order valence-corrected chi connectivity index (χ0v) is 15.8. The van der Waals surface area contributed by atoms with Gasteiger partial charge in [-0.15, -0.1) is 0 Å². The lowest BCUT2D eigenvalue weighted by molar-refractivity contribution is 0.102. The van der Waals surface area contributed by atoms with Gasteiger partial charge in [0.2, 0.25) is 0 Å². The maximum absolute atomic E-state index is 12.5. The van der Waals surface area contributed by atoms with E-state index in [1.807, 2.05) is 48.5 Å². The van der Waals surface area contributed by atoms with Crippen LogP contribution in [0.3, 0.4) is 0 Å². The van der Waals surface area contributed by atoms with Crippen molar-refractivity contribution in [2.24, 2.45) is 0 Å². The topological polar surface area (TPSA) is 46.9 Å². The summed E-state index contributed by atoms with van der Waals surface area (Å²) in [7, 11) is 0. The van der Waals surface area contributed by atoms with E-state index in [1.54, 1.807) is 16.9 Å². The molecule has 0 fully saturated rings. The largest absolute Gasteiger partial charge is 0.307 e. The third kappa shape index (κ3) is 4.00. The van der Waals surface area contributed by atoms with Crippen molar-refractivity contribution in [1.82, 2.24) is 9.78 Å². The van der Waals surface area contributed by atoms with Crippen LogP contribution in [0.25, 0.3) is 0 Å². The van der Waals surface area contributed by atoms with Gasteiger partial charge in [0, 0.05) is 14.1 Å². The highest BCUT2D eigenvalue weighted by Gasteiger charge is 2.13. The third-order valence-corrected chi connectivity index (χ3v) is 4.74. The first kappa shape index (κ1) is 16.2. The molecule has 3 aromatic rings. The van der Waals surface area contributed by atoms with Crippen molar-refractivity contribution >= 4 is 50.2 Å². The minimum Gasteiger partial charge on any atom is -0.307 e. The van der Waals surface area contributed by atoms with Crippen molar-refractivity contribution in [1.29, 1.82) is 0 Å². The molecule has 3 rings (SSSR count). The van der Waals surface area contributed by atoms with Crippen molar-refractivity contribution < 1.29 is 4.79 Å². The summed E-state index contributed by atoms with van der Waals surface area (Å²) in [6.07, 6.45) is 1.68. The summed E-state index contributed by atoms with van der Waals surface area (Å²) in [6, 6.07) is 17.4. The lowest BCUT2D eigenvalue weighted by Gasteiger charge is -2.10. The average molecular weight is 482 g/mol. The van der Waals surface area contributed by atoms with Crippen LogP contribution in [-0.2, 0) is 6.54 Å². The van der Waals surface area contributed by atoms with E-state index >= 15 is 0 Å². The Hall–Kier alpha value is -1.67. The molecule has 0 saturated heterocycles. The molecule has 23 heavy (non-hydrogen) atoms. The Kier molecular flexibility index (Phi) is 5.12. The lowest BCUT2D eigenvalue weighted by atomic mass is 10.2. The first-order valence-electron chi connectivity index (χ1n) is 6.95. The number of aromatic nitrogens is 2. The molecule has 1 heterocycles. The van der Waals surface area contributed by atoms with Crippen LogP contribution in [0, 0.1) is 3.57 Å². The van der Waals surface area contributed by atoms with E-state index in [4.69, 9.17) is 0 Å². The Labute approximate surface area is 156 Å². The summed E-state index contributed by atoms with van der Waals surface area (Å²) in [5.74, 6) is 0.528. The van der Waals surface area contributed by atoms with Gasteiger partial charge in [0.05, 0.1) is 18.3 Å². The monoisotopic (exact) mass is 481 g/mol. The summed E-state index contributed by atoms with van der Waals surface area (Å²) in [5.41, 5.74) is 1.76. The standard InChI is InChI=1S/C17H13BrIN3O/c18-13-6-7-15(19)14(10-13)17(23)21-16-8-9-20-22(16)11-12-4-2-1-3-5-12/h1-10H,11H2,(H,21,23). The molecule has 0 aliphatic rings. The fourth-order valence-corrected chi connectivity index (χ4v) is 3.12. The molecular weight excluding hydrogens is 469 g/mol. The summed E-state index contributed by atoms with van der Waals surface area (Å²) >= 11 is 5.56. The van der Waals surface area contributed by atoms with Gasteiger partial charge in [-0.2, -0.15) is 5.10 Å². The van der Waals surface area contributed by atoms with Crippen LogP contribution in [0.2, 0.25) is 0 Å². The van der Waals surface area contributed by atoms with Crippen molar-refractivity contribution in [2.75, 3.05) is 5.32 Å². The molecule has 1 N–H and O–H groups in total. The molecule has 0 unspecified atom stereocenters. The number of hydrogen-bond donors (Lipinski definition) is 1. The van der Waals surface area contributed by atoms with Crippen LogP contribution < -0.4 is 5.32 Å². The van der Waals surface area contributed by atoms with Gasteiger partial charge in [0.15, 0.2) is 0 Å². The maximum atomic E-state index is 12.5. The number of hydrogen-bond acceptors (Lipinski definition) is 2. The van der Waals surface area contributed by atoms with Crippen LogP contribution >= 0.6 is 38.5 Å². The van der Waals surface area contributed by atoms with Gasteiger partial charge >= 0.3 is 0 Å². The van der Waals surface area contributed by atoms with E-state index in [0.717, 1.165) is 13.6 Å². The first-order chi connectivity index (χ1) is 11.1. The molecule has 0 atom stereocenters. The Bertz CT molecular complexity index is 833. The molecule has 1 aromatic heterocycles. The van der Waals surface area contributed by atoms with Crippen molar-refractivity contribution in [3.05, 3.63) is 80.0 Å². The van der Waals surface area contributed by atoms with Crippen LogP contribution in [0.1, 0.15) is 15.9 Å². The number of amides is 1. The zero-order valence-electron chi connectivity index (χ0n) is 12.0. The molecule has 116 valence electrons. The van der Waals surface area contributed by atoms with Gasteiger partial charge < -0.3 is 5.32 Å². The number of carbonyl (C=O) groups is 1. The van der Waals surface area contributed by atoms with Gasteiger partial charge in [-0.25, -0.2) is 4.68 Å². The highest BCUT2D eigenvalue weighted by Crippen LogP contribution is 2.20. The van der Waals surface area contributed by atoms with Crippen LogP contribution in [-0.4, -0.2) is 15.7 Å². The van der Waals surface area contributed by atoms with E-state index in [0.29, 0.717) is 17.9 Å². The predicted molar refractivity (Wildman–Crippen MR) is 103 cm³/mol. The van der Waals surface area contributed by atoms with Gasteiger partial charge in [0.1, 0.15) is 5.82 Å². The van der Waals surface area contributed by atoms with Crippen LogP contribution in [0.4, 0.5) is 5.82 Å². The van der Waals surface area contributed by atoms with Crippen molar-refractivity contribution in [2.45, 2.75) is 6.54 Å². The SMILES string of the molecule is O=C(Nc1ccnn1Cc1ccccc1)c1cc(Br)ccc1I. The quantitative estimate of drug-likeness (QED) is 0.555. The van der Waals surface area contributed by atoms with Crippen molar-refractivity contribution in [3.63, 3.8) is 0 Å². The van der Waals surface area contributed by atoms with Crippen LogP contribution in [0.5, 0.6) is 0 Å². The second kappa shape index (κ2) is 7.27. The minimum atomic E-state index is -0.148. The molecule has 4 nitrogen and oxygen atoms in total. The lowest BCUT2D eigenvalue weighted by Crippen LogP contribution is -2.17. The van der Waals surface area contributed by atoms with E-state index in [-0.39, 0.29) is 5.91 Å². The Morgan fingerprint density at radius 1 is 1.17 bits per heavy atom. The van der Waals surface area contributed by atoms with Gasteiger partial charge in [-0.3, -0.25) is 4.79 Å². The summed E-state index contributed by atoms with van der Waals surface area (Å²) < 4.78 is 3.55. The number of carbonyl (C=O) groups excluding carboxylic acids is 1. The molecule has 2 aromatic carbocycles. The van der Waals surface area contributed by atoms with E-state index < -0.39 is 0 Å². The molecule has 0 saturated carbocycles. The Balaban J connectivity index is 1.80. The molecule has 0 aliphatic heterocycles. The van der Waals surface area contributed by atoms with E-state index in [2.05, 4.69) is 48.9 Å². The number of anilines is 1. The molecular formula is C17H13BrIN3O. The van der Waals surface area contributed by atoms with Gasteiger partial charge in [-0.05, 0) is 46.4 Å². The summed E-state index contributed by atoms with van der Waals surface area (Å²) in [6.45, 7) is 0.610. The molecule has 0 aliphatic carbocycles. The van der Waals surface area contributed by atoms with Crippen LogP contribution in [0.15, 0.2) is 65.3 Å². The van der Waals surface area contributed by atoms with E-state index in [9.17, 15) is 4.79 Å². The second-order valence-corrected chi connectivity index (χ2v) is 7.02. The number of rotatable bonds is 4. The Morgan fingerprint density at radius 2 is 1.96 bits per heavy atom. The van der Waals surface area contributed by atoms with Gasteiger partial charge in [0.25, 0.3) is 5.91 Å². The summed E-state index contributed by atoms with van der Waals surface area (Å²) in [5, 5.41) is 7.22. The number of nitrogens with zero attached hydrogens (tertiary/aromatic N) is 2. The molecule has 1 amide bonds. The third-order valence-electron chi connectivity index (χ3n) is 3.31. The fraction of sp³-hybridized carbons (Fsp3) is 0.0588. The zero-order chi connectivity index (χ0) is 16.2. The molecule has 6 heteroatoms. The number of nitrogens with one attached hydrogen (secondary N) is 1. The highest BCUT2D eigenvalue weighted by atomic mass is 127. The molecule has 0 radical (unpaired) electrons. The number of halogens is 2. The van der Waals surface area contributed by atoms with Gasteiger partial charge in [-0.1, -0.05) is 46.3 Å². The average Bonchev–Trinajstić information content (AvgIpc) is 2.97. The number of benzene rings is 2. The second-order valence-electron chi connectivity index (χ2n) is 4.94. The maximum Gasteiger partial charge on any atom is 0.257 e. The minimum absolute atomic E-state index is 0.148. The van der Waals surface area contributed by atoms with E-state index in [1.165, 1.54) is 0 Å². The first-order valence-corrected chi connectivity index (χ1v) is 8.83. The van der Waals surface area contributed by atoms with Crippen molar-refractivity contribution in [3.8, 4) is 0 Å². The molecule has 0 spiro atoms. The normalized spacial score (nSPS) is 10.5. The fourth-order valence-electron chi connectivity index (χ4n) is 2.18. The molecule has 0 bridgehead atoms. The smallest absolute Gasteiger partial charge is 0.257 e. The summed E-state index contributed by atoms with van der Waals surface area (Å²) in [4.78, 5) is 12.5.